The molecule has 0 atom stereocenters. The van der Waals surface area contributed by atoms with E-state index in [4.69, 9.17) is 15.8 Å². The maximum Gasteiger partial charge on any atom is 0.417 e. The summed E-state index contributed by atoms with van der Waals surface area (Å²) < 4.78 is 69.1. The highest BCUT2D eigenvalue weighted by atomic mass is 35.5. The van der Waals surface area contributed by atoms with Gasteiger partial charge in [0.25, 0.3) is 0 Å². The first-order chi connectivity index (χ1) is 12.2. The number of hydrogen-bond donors (Lipinski definition) is 0. The predicted octanol–water partition coefficient (Wildman–Crippen LogP) is 3.71. The number of pyridine rings is 2. The van der Waals surface area contributed by atoms with Gasteiger partial charge < -0.3 is 4.18 Å². The van der Waals surface area contributed by atoms with Crippen molar-refractivity contribution in [2.24, 2.45) is 0 Å². The second kappa shape index (κ2) is 6.61. The van der Waals surface area contributed by atoms with Crippen LogP contribution in [0.25, 0.3) is 5.82 Å². The predicted molar refractivity (Wildman–Crippen MR) is 85.6 cm³/mol. The summed E-state index contributed by atoms with van der Waals surface area (Å²) in [5.74, 6) is -0.204. The molecule has 0 saturated carbocycles. The van der Waals surface area contributed by atoms with Crippen molar-refractivity contribution in [2.45, 2.75) is 11.2 Å². The molecule has 3 heterocycles. The molecule has 3 rings (SSSR count). The molecule has 0 bridgehead atoms. The molecule has 11 heteroatoms. The van der Waals surface area contributed by atoms with Gasteiger partial charge in [-0.15, -0.1) is 0 Å². The lowest BCUT2D eigenvalue weighted by atomic mass is 10.3. The molecule has 26 heavy (non-hydrogen) atoms. The summed E-state index contributed by atoms with van der Waals surface area (Å²) in [7, 11) is -4.30. The topological polar surface area (TPSA) is 74.1 Å². The fourth-order valence-electron chi connectivity index (χ4n) is 2.07. The van der Waals surface area contributed by atoms with Crippen LogP contribution in [0.4, 0.5) is 13.2 Å². The summed E-state index contributed by atoms with van der Waals surface area (Å²) >= 11 is 5.88. The van der Waals surface area contributed by atoms with E-state index in [1.54, 1.807) is 0 Å². The minimum absolute atomic E-state index is 0.0216. The molecule has 3 aromatic rings. The first-order valence-electron chi connectivity index (χ1n) is 6.93. The molecule has 0 aromatic carbocycles. The molecule has 0 radical (unpaired) electrons. The van der Waals surface area contributed by atoms with Crippen LogP contribution < -0.4 is 4.18 Å². The maximum atomic E-state index is 12.7. The van der Waals surface area contributed by atoms with Crippen LogP contribution in [0.15, 0.2) is 60.1 Å². The van der Waals surface area contributed by atoms with Gasteiger partial charge in [0.2, 0.25) is 0 Å². The quantitative estimate of drug-likeness (QED) is 0.621. The highest BCUT2D eigenvalue weighted by molar-refractivity contribution is 7.87. The normalized spacial score (nSPS) is 12.2. The minimum atomic E-state index is -4.62. The molecule has 0 saturated heterocycles. The number of halogens is 4. The van der Waals surface area contributed by atoms with Crippen LogP contribution in [0.1, 0.15) is 5.56 Å². The second-order valence-corrected chi connectivity index (χ2v) is 6.87. The molecule has 0 aliphatic heterocycles. The molecular weight excluding hydrogens is 395 g/mol. The maximum absolute atomic E-state index is 12.7. The fraction of sp³-hybridized carbons (Fsp3) is 0.0667. The molecule has 0 fully saturated rings. The minimum Gasteiger partial charge on any atom is -0.376 e. The van der Waals surface area contributed by atoms with E-state index in [2.05, 4.69) is 9.97 Å². The number of hydrogen-bond acceptors (Lipinski definition) is 5. The van der Waals surface area contributed by atoms with E-state index in [0.29, 0.717) is 12.3 Å². The number of aromatic nitrogens is 3. The van der Waals surface area contributed by atoms with E-state index in [1.165, 1.54) is 42.9 Å². The van der Waals surface area contributed by atoms with Gasteiger partial charge in [-0.2, -0.15) is 21.6 Å². The highest BCUT2D eigenvalue weighted by Gasteiger charge is 2.32. The molecule has 0 unspecified atom stereocenters. The lowest BCUT2D eigenvalue weighted by Gasteiger charge is -2.13. The third kappa shape index (κ3) is 3.65. The Morgan fingerprint density at radius 3 is 2.54 bits per heavy atom. The molecule has 136 valence electrons. The van der Waals surface area contributed by atoms with Crippen molar-refractivity contribution < 1.29 is 25.8 Å². The highest BCUT2D eigenvalue weighted by Crippen LogP contribution is 2.32. The Kier molecular flexibility index (Phi) is 4.63. The molecular formula is C15H9ClF3N3O3S. The zero-order chi connectivity index (χ0) is 18.9. The van der Waals surface area contributed by atoms with E-state index >= 15 is 0 Å². The SMILES string of the molecule is O=S(=O)(Oc1cccnc1)c1cccn1-c1ncc(C(F)(F)F)cc1Cl. The van der Waals surface area contributed by atoms with Crippen molar-refractivity contribution in [2.75, 3.05) is 0 Å². The Balaban J connectivity index is 2.01. The summed E-state index contributed by atoms with van der Waals surface area (Å²) in [4.78, 5) is 7.39. The fourth-order valence-corrected chi connectivity index (χ4v) is 3.40. The zero-order valence-electron chi connectivity index (χ0n) is 12.7. The summed E-state index contributed by atoms with van der Waals surface area (Å²) in [5, 5.41) is -0.718. The Bertz CT molecular complexity index is 1040. The smallest absolute Gasteiger partial charge is 0.376 e. The molecule has 0 aliphatic carbocycles. The van der Waals surface area contributed by atoms with Crippen molar-refractivity contribution >= 4 is 21.7 Å². The van der Waals surface area contributed by atoms with Crippen LogP contribution in [0.3, 0.4) is 0 Å². The standard InChI is InChI=1S/C15H9ClF3N3O3S/c16-12-7-10(15(17,18)19)8-21-14(12)22-6-2-4-13(22)26(23,24)25-11-3-1-5-20-9-11/h1-9H. The van der Waals surface area contributed by atoms with Crippen LogP contribution >= 0.6 is 11.6 Å². The lowest BCUT2D eigenvalue weighted by Crippen LogP contribution is -2.15. The van der Waals surface area contributed by atoms with Crippen LogP contribution in [0, 0.1) is 0 Å². The summed E-state index contributed by atoms with van der Waals surface area (Å²) in [6.07, 6.45) is -0.118. The zero-order valence-corrected chi connectivity index (χ0v) is 14.3. The van der Waals surface area contributed by atoms with Crippen LogP contribution in [0.5, 0.6) is 5.75 Å². The lowest BCUT2D eigenvalue weighted by molar-refractivity contribution is -0.137. The van der Waals surface area contributed by atoms with Crippen LogP contribution in [-0.2, 0) is 16.3 Å². The van der Waals surface area contributed by atoms with E-state index in [0.717, 1.165) is 4.57 Å². The second-order valence-electron chi connectivity index (χ2n) is 4.97. The summed E-state index contributed by atoms with van der Waals surface area (Å²) in [6, 6.07) is 6.12. The molecule has 0 spiro atoms. The van der Waals surface area contributed by atoms with E-state index in [9.17, 15) is 21.6 Å². The van der Waals surface area contributed by atoms with E-state index in [-0.39, 0.29) is 21.6 Å². The molecule has 6 nitrogen and oxygen atoms in total. The van der Waals surface area contributed by atoms with Gasteiger partial charge in [0.15, 0.2) is 16.6 Å². The van der Waals surface area contributed by atoms with Gasteiger partial charge in [0, 0.05) is 18.6 Å². The number of rotatable bonds is 4. The van der Waals surface area contributed by atoms with Crippen LogP contribution in [0.2, 0.25) is 5.02 Å². The molecule has 0 N–H and O–H groups in total. The molecule has 3 aromatic heterocycles. The molecule has 0 amide bonds. The van der Waals surface area contributed by atoms with Crippen molar-refractivity contribution in [3.63, 3.8) is 0 Å². The Labute approximate surface area is 151 Å². The monoisotopic (exact) mass is 403 g/mol. The number of nitrogens with zero attached hydrogens (tertiary/aromatic N) is 3. The molecule has 0 aliphatic rings. The van der Waals surface area contributed by atoms with Gasteiger partial charge in [-0.25, -0.2) is 4.98 Å². The van der Waals surface area contributed by atoms with Crippen molar-refractivity contribution in [1.82, 2.24) is 14.5 Å². The summed E-state index contributed by atoms with van der Waals surface area (Å²) in [5.41, 5.74) is -1.05. The Morgan fingerprint density at radius 2 is 1.92 bits per heavy atom. The van der Waals surface area contributed by atoms with E-state index < -0.39 is 21.9 Å². The van der Waals surface area contributed by atoms with Crippen molar-refractivity contribution in [3.8, 4) is 11.6 Å². The average molecular weight is 404 g/mol. The van der Waals surface area contributed by atoms with Gasteiger partial charge in [-0.05, 0) is 30.3 Å². The summed E-state index contributed by atoms with van der Waals surface area (Å²) in [6.45, 7) is 0. The van der Waals surface area contributed by atoms with E-state index in [1.807, 2.05) is 0 Å². The van der Waals surface area contributed by atoms with Gasteiger partial charge in [-0.1, -0.05) is 11.6 Å². The third-order valence-corrected chi connectivity index (χ3v) is 4.72. The Morgan fingerprint density at radius 1 is 1.15 bits per heavy atom. The third-order valence-electron chi connectivity index (χ3n) is 3.19. The van der Waals surface area contributed by atoms with Gasteiger partial charge in [0.05, 0.1) is 16.8 Å². The van der Waals surface area contributed by atoms with Gasteiger partial charge in [0.1, 0.15) is 0 Å². The average Bonchev–Trinajstić information content (AvgIpc) is 3.05. The first-order valence-corrected chi connectivity index (χ1v) is 8.72. The van der Waals surface area contributed by atoms with Gasteiger partial charge >= 0.3 is 16.3 Å². The number of alkyl halides is 3. The van der Waals surface area contributed by atoms with Crippen LogP contribution in [-0.4, -0.2) is 23.0 Å². The largest absolute Gasteiger partial charge is 0.417 e. The van der Waals surface area contributed by atoms with Crippen molar-refractivity contribution in [3.05, 3.63) is 65.7 Å². The van der Waals surface area contributed by atoms with Crippen molar-refractivity contribution in [1.29, 1.82) is 0 Å². The van der Waals surface area contributed by atoms with Gasteiger partial charge in [-0.3, -0.25) is 9.55 Å². The first kappa shape index (κ1) is 18.2. The Hall–Kier alpha value is -2.59.